The number of hydrogen-bond acceptors (Lipinski definition) is 2. The largest absolute Gasteiger partial charge is 0.417 e. The summed E-state index contributed by atoms with van der Waals surface area (Å²) < 4.78 is 37.2. The van der Waals surface area contributed by atoms with E-state index in [4.69, 9.17) is 5.73 Å². The van der Waals surface area contributed by atoms with Crippen LogP contribution in [0.15, 0.2) is 42.6 Å². The number of nitrogens with two attached hydrogens (primary N) is 1. The van der Waals surface area contributed by atoms with Crippen molar-refractivity contribution >= 4 is 0 Å². The average Bonchev–Trinajstić information content (AvgIpc) is 2.39. The van der Waals surface area contributed by atoms with Gasteiger partial charge in [-0.2, -0.15) is 13.2 Å². The fraction of sp³-hybridized carbons (Fsp3) is 0.214. The molecule has 0 saturated heterocycles. The quantitative estimate of drug-likeness (QED) is 0.926. The van der Waals surface area contributed by atoms with E-state index in [-0.39, 0.29) is 0 Å². The molecule has 0 amide bonds. The number of pyridine rings is 1. The summed E-state index contributed by atoms with van der Waals surface area (Å²) in [4.78, 5) is 3.85. The maximum atomic E-state index is 12.4. The van der Waals surface area contributed by atoms with Crippen LogP contribution in [0.25, 0.3) is 11.3 Å². The lowest BCUT2D eigenvalue weighted by molar-refractivity contribution is -0.137. The Morgan fingerprint density at radius 1 is 1.00 bits per heavy atom. The molecule has 0 fully saturated rings. The van der Waals surface area contributed by atoms with Gasteiger partial charge in [-0.3, -0.25) is 4.98 Å². The van der Waals surface area contributed by atoms with Gasteiger partial charge in [0.25, 0.3) is 0 Å². The molecule has 0 atom stereocenters. The van der Waals surface area contributed by atoms with E-state index in [1.807, 2.05) is 24.3 Å². The number of benzene rings is 1. The van der Waals surface area contributed by atoms with Crippen LogP contribution in [0.4, 0.5) is 13.2 Å². The molecule has 1 heterocycles. The number of nitrogens with zero attached hydrogens (tertiary/aromatic N) is 1. The molecule has 0 spiro atoms. The van der Waals surface area contributed by atoms with Crippen molar-refractivity contribution in [2.24, 2.45) is 5.73 Å². The summed E-state index contributed by atoms with van der Waals surface area (Å²) in [5.74, 6) is 0. The zero-order valence-corrected chi connectivity index (χ0v) is 10.1. The van der Waals surface area contributed by atoms with Crippen molar-refractivity contribution in [1.29, 1.82) is 0 Å². The van der Waals surface area contributed by atoms with Gasteiger partial charge in [0.2, 0.25) is 0 Å². The van der Waals surface area contributed by atoms with Gasteiger partial charge in [0.05, 0.1) is 11.3 Å². The maximum Gasteiger partial charge on any atom is 0.417 e. The third-order valence-corrected chi connectivity index (χ3v) is 2.77. The molecule has 0 aliphatic heterocycles. The van der Waals surface area contributed by atoms with Crippen molar-refractivity contribution < 1.29 is 13.2 Å². The van der Waals surface area contributed by atoms with E-state index in [1.54, 1.807) is 0 Å². The van der Waals surface area contributed by atoms with Crippen LogP contribution < -0.4 is 5.73 Å². The van der Waals surface area contributed by atoms with E-state index < -0.39 is 11.7 Å². The summed E-state index contributed by atoms with van der Waals surface area (Å²) in [5, 5.41) is 0. The van der Waals surface area contributed by atoms with Gasteiger partial charge >= 0.3 is 6.18 Å². The molecule has 100 valence electrons. The molecule has 0 saturated carbocycles. The zero-order chi connectivity index (χ0) is 13.9. The van der Waals surface area contributed by atoms with Crippen LogP contribution in [0.2, 0.25) is 0 Å². The van der Waals surface area contributed by atoms with Gasteiger partial charge in [0, 0.05) is 11.8 Å². The number of halogens is 3. The molecule has 1 aromatic carbocycles. The van der Waals surface area contributed by atoms with Crippen molar-refractivity contribution in [3.05, 3.63) is 53.7 Å². The van der Waals surface area contributed by atoms with E-state index in [0.29, 0.717) is 12.2 Å². The monoisotopic (exact) mass is 266 g/mol. The van der Waals surface area contributed by atoms with Gasteiger partial charge in [-0.05, 0) is 30.7 Å². The first-order valence-electron chi connectivity index (χ1n) is 5.83. The van der Waals surface area contributed by atoms with Crippen molar-refractivity contribution in [3.8, 4) is 11.3 Å². The molecule has 5 heteroatoms. The van der Waals surface area contributed by atoms with Crippen LogP contribution in [0.3, 0.4) is 0 Å². The molecular weight excluding hydrogens is 253 g/mol. The number of rotatable bonds is 3. The minimum atomic E-state index is -4.35. The minimum Gasteiger partial charge on any atom is -0.330 e. The van der Waals surface area contributed by atoms with E-state index in [2.05, 4.69) is 4.98 Å². The predicted octanol–water partition coefficient (Wildman–Crippen LogP) is 3.27. The Balaban J connectivity index is 2.22. The second kappa shape index (κ2) is 5.40. The van der Waals surface area contributed by atoms with Gasteiger partial charge in [-0.25, -0.2) is 0 Å². The molecule has 2 aromatic rings. The van der Waals surface area contributed by atoms with Crippen molar-refractivity contribution in [2.75, 3.05) is 6.54 Å². The molecule has 19 heavy (non-hydrogen) atoms. The van der Waals surface area contributed by atoms with Crippen LogP contribution in [-0.2, 0) is 12.6 Å². The van der Waals surface area contributed by atoms with Crippen LogP contribution in [0.5, 0.6) is 0 Å². The lowest BCUT2D eigenvalue weighted by Crippen LogP contribution is -2.05. The Kier molecular flexibility index (Phi) is 3.85. The normalized spacial score (nSPS) is 11.6. The summed E-state index contributed by atoms with van der Waals surface area (Å²) in [6.07, 6.45) is -2.72. The summed E-state index contributed by atoms with van der Waals surface area (Å²) in [7, 11) is 0. The smallest absolute Gasteiger partial charge is 0.330 e. The SMILES string of the molecule is NCCc1ccc(-c2ccc(C(F)(F)F)cn2)cc1. The van der Waals surface area contributed by atoms with Gasteiger partial charge < -0.3 is 5.73 Å². The topological polar surface area (TPSA) is 38.9 Å². The molecule has 2 N–H and O–H groups in total. The second-order valence-electron chi connectivity index (χ2n) is 4.17. The summed E-state index contributed by atoms with van der Waals surface area (Å²) in [6, 6.07) is 9.89. The molecular formula is C14H13F3N2. The fourth-order valence-electron chi connectivity index (χ4n) is 1.74. The van der Waals surface area contributed by atoms with E-state index in [1.165, 1.54) is 6.07 Å². The van der Waals surface area contributed by atoms with Gasteiger partial charge in [-0.1, -0.05) is 24.3 Å². The maximum absolute atomic E-state index is 12.4. The number of hydrogen-bond donors (Lipinski definition) is 1. The predicted molar refractivity (Wildman–Crippen MR) is 67.4 cm³/mol. The standard InChI is InChI=1S/C14H13F3N2/c15-14(16,17)12-5-6-13(19-9-12)11-3-1-10(2-4-11)7-8-18/h1-6,9H,7-8,18H2. The van der Waals surface area contributed by atoms with E-state index in [0.717, 1.165) is 29.8 Å². The summed E-state index contributed by atoms with van der Waals surface area (Å²) in [6.45, 7) is 0.567. The fourth-order valence-corrected chi connectivity index (χ4v) is 1.74. The van der Waals surface area contributed by atoms with E-state index >= 15 is 0 Å². The molecule has 0 unspecified atom stereocenters. The Hall–Kier alpha value is -1.88. The lowest BCUT2D eigenvalue weighted by Gasteiger charge is -2.07. The van der Waals surface area contributed by atoms with E-state index in [9.17, 15) is 13.2 Å². The molecule has 0 bridgehead atoms. The van der Waals surface area contributed by atoms with Crippen LogP contribution in [-0.4, -0.2) is 11.5 Å². The Morgan fingerprint density at radius 2 is 1.68 bits per heavy atom. The zero-order valence-electron chi connectivity index (χ0n) is 10.1. The molecule has 2 nitrogen and oxygen atoms in total. The Labute approximate surface area is 109 Å². The van der Waals surface area contributed by atoms with Crippen molar-refractivity contribution in [3.63, 3.8) is 0 Å². The molecule has 0 radical (unpaired) electrons. The number of alkyl halides is 3. The Bertz CT molecular complexity index is 530. The first-order valence-corrected chi connectivity index (χ1v) is 5.83. The van der Waals surface area contributed by atoms with Crippen LogP contribution in [0.1, 0.15) is 11.1 Å². The first-order chi connectivity index (χ1) is 9.00. The minimum absolute atomic E-state index is 0.521. The molecule has 1 aromatic heterocycles. The Morgan fingerprint density at radius 3 is 2.16 bits per heavy atom. The van der Waals surface area contributed by atoms with Crippen LogP contribution >= 0.6 is 0 Å². The number of aromatic nitrogens is 1. The summed E-state index contributed by atoms with van der Waals surface area (Å²) >= 11 is 0. The highest BCUT2D eigenvalue weighted by Crippen LogP contribution is 2.29. The van der Waals surface area contributed by atoms with Crippen molar-refractivity contribution in [2.45, 2.75) is 12.6 Å². The highest BCUT2D eigenvalue weighted by Gasteiger charge is 2.30. The third kappa shape index (κ3) is 3.32. The lowest BCUT2D eigenvalue weighted by atomic mass is 10.1. The average molecular weight is 266 g/mol. The van der Waals surface area contributed by atoms with Crippen molar-refractivity contribution in [1.82, 2.24) is 4.98 Å². The van der Waals surface area contributed by atoms with Gasteiger partial charge in [-0.15, -0.1) is 0 Å². The molecule has 0 aliphatic rings. The highest BCUT2D eigenvalue weighted by molar-refractivity contribution is 5.59. The van der Waals surface area contributed by atoms with Crippen LogP contribution in [0, 0.1) is 0 Å². The molecule has 0 aliphatic carbocycles. The van der Waals surface area contributed by atoms with Gasteiger partial charge in [0.1, 0.15) is 0 Å². The molecule has 2 rings (SSSR count). The third-order valence-electron chi connectivity index (χ3n) is 2.77. The summed E-state index contributed by atoms with van der Waals surface area (Å²) in [5.41, 5.74) is 7.11. The second-order valence-corrected chi connectivity index (χ2v) is 4.17. The first kappa shape index (κ1) is 13.5. The highest BCUT2D eigenvalue weighted by atomic mass is 19.4. The van der Waals surface area contributed by atoms with Gasteiger partial charge in [0.15, 0.2) is 0 Å².